The van der Waals surface area contributed by atoms with Crippen LogP contribution in [0.2, 0.25) is 5.02 Å². The van der Waals surface area contributed by atoms with E-state index < -0.39 is 15.8 Å². The lowest BCUT2D eigenvalue weighted by Crippen LogP contribution is -2.11. The number of sulfone groups is 1. The average molecular weight is 294 g/mol. The van der Waals surface area contributed by atoms with E-state index in [2.05, 4.69) is 9.57 Å². The van der Waals surface area contributed by atoms with Gasteiger partial charge < -0.3 is 4.74 Å². The third-order valence-electron chi connectivity index (χ3n) is 2.23. The van der Waals surface area contributed by atoms with Gasteiger partial charge in [-0.05, 0) is 12.1 Å². The Kier molecular flexibility index (Phi) is 4.69. The van der Waals surface area contributed by atoms with Crippen molar-refractivity contribution in [3.05, 3.63) is 28.3 Å². The maximum Gasteiger partial charge on any atom is 0.339 e. The molecular weight excluding hydrogens is 282 g/mol. The summed E-state index contributed by atoms with van der Waals surface area (Å²) in [5.41, 5.74) is 0.184. The molecule has 0 unspecified atom stereocenters. The highest BCUT2D eigenvalue weighted by Gasteiger charge is 2.21. The van der Waals surface area contributed by atoms with Crippen LogP contribution in [0.15, 0.2) is 17.0 Å². The first-order valence-corrected chi connectivity index (χ1v) is 7.01. The first-order chi connectivity index (χ1) is 8.32. The second-order valence-electron chi connectivity index (χ2n) is 3.48. The topological polar surface area (TPSA) is 95.7 Å². The molecule has 0 fully saturated rings. The molecule has 0 radical (unpaired) electrons. The minimum absolute atomic E-state index is 0.0365. The summed E-state index contributed by atoms with van der Waals surface area (Å²) in [5, 5.41) is -0.0461. The van der Waals surface area contributed by atoms with Crippen LogP contribution in [0, 0.1) is 0 Å². The highest BCUT2D eigenvalue weighted by atomic mass is 35.5. The molecule has 0 saturated heterocycles. The maximum atomic E-state index is 11.6. The van der Waals surface area contributed by atoms with Crippen LogP contribution in [0.5, 0.6) is 0 Å². The normalized spacial score (nSPS) is 11.3. The number of carbonyl (C=O) groups is 1. The largest absolute Gasteiger partial charge is 0.465 e. The Morgan fingerprint density at radius 2 is 2.06 bits per heavy atom. The van der Waals surface area contributed by atoms with Gasteiger partial charge in [0.15, 0.2) is 9.84 Å². The molecule has 0 aliphatic rings. The number of rotatable bonds is 4. The summed E-state index contributed by atoms with van der Waals surface area (Å²) in [7, 11) is -2.30. The van der Waals surface area contributed by atoms with Crippen LogP contribution >= 0.6 is 11.6 Å². The molecule has 0 heterocycles. The molecule has 100 valence electrons. The predicted molar refractivity (Wildman–Crippen MR) is 64.9 cm³/mol. The molecule has 0 aromatic heterocycles. The summed E-state index contributed by atoms with van der Waals surface area (Å²) in [4.78, 5) is 15.8. The van der Waals surface area contributed by atoms with Gasteiger partial charge in [0.1, 0.15) is 0 Å². The number of nitrogens with two attached hydrogens (primary N) is 1. The zero-order valence-electron chi connectivity index (χ0n) is 9.77. The van der Waals surface area contributed by atoms with Gasteiger partial charge in [-0.1, -0.05) is 11.6 Å². The quantitative estimate of drug-likeness (QED) is 0.655. The number of hydrogen-bond acceptors (Lipinski definition) is 6. The number of esters is 1. The number of hydrogen-bond donors (Lipinski definition) is 1. The fraction of sp³-hybridized carbons (Fsp3) is 0.300. The van der Waals surface area contributed by atoms with E-state index in [0.717, 1.165) is 6.26 Å². The van der Waals surface area contributed by atoms with E-state index in [4.69, 9.17) is 17.5 Å². The zero-order chi connectivity index (χ0) is 13.9. The lowest BCUT2D eigenvalue weighted by atomic mass is 10.1. The SMILES string of the molecule is COC(=O)c1ccc(S(C)(=O)=O)c(CON)c1Cl. The van der Waals surface area contributed by atoms with E-state index in [-0.39, 0.29) is 27.7 Å². The van der Waals surface area contributed by atoms with Crippen molar-refractivity contribution in [1.29, 1.82) is 0 Å². The van der Waals surface area contributed by atoms with E-state index in [9.17, 15) is 13.2 Å². The zero-order valence-corrected chi connectivity index (χ0v) is 11.3. The molecule has 0 aliphatic carbocycles. The number of halogens is 1. The summed E-state index contributed by atoms with van der Waals surface area (Å²) >= 11 is 5.97. The van der Waals surface area contributed by atoms with Crippen molar-refractivity contribution in [3.63, 3.8) is 0 Å². The molecule has 6 nitrogen and oxygen atoms in total. The van der Waals surface area contributed by atoms with Gasteiger partial charge in [0.25, 0.3) is 0 Å². The van der Waals surface area contributed by atoms with Crippen LogP contribution in [0.25, 0.3) is 0 Å². The molecule has 0 atom stereocenters. The number of benzene rings is 1. The van der Waals surface area contributed by atoms with Gasteiger partial charge in [-0.2, -0.15) is 0 Å². The molecule has 18 heavy (non-hydrogen) atoms. The van der Waals surface area contributed by atoms with Crippen LogP contribution in [0.1, 0.15) is 15.9 Å². The molecule has 1 aromatic carbocycles. The lowest BCUT2D eigenvalue weighted by Gasteiger charge is -2.11. The molecular formula is C10H12ClNO5S. The molecule has 0 amide bonds. The van der Waals surface area contributed by atoms with E-state index in [1.165, 1.54) is 19.2 Å². The summed E-state index contributed by atoms with van der Waals surface area (Å²) in [6.45, 7) is -0.230. The van der Waals surface area contributed by atoms with Gasteiger partial charge in [0.05, 0.1) is 29.2 Å². The van der Waals surface area contributed by atoms with Crippen molar-refractivity contribution in [1.82, 2.24) is 0 Å². The minimum Gasteiger partial charge on any atom is -0.465 e. The van der Waals surface area contributed by atoms with Crippen molar-refractivity contribution in [2.75, 3.05) is 13.4 Å². The number of ether oxygens (including phenoxy) is 1. The monoisotopic (exact) mass is 293 g/mol. The van der Waals surface area contributed by atoms with Gasteiger partial charge in [0, 0.05) is 11.8 Å². The summed E-state index contributed by atoms with van der Waals surface area (Å²) in [6, 6.07) is 2.55. The van der Waals surface area contributed by atoms with Crippen LogP contribution in [-0.2, 0) is 26.0 Å². The van der Waals surface area contributed by atoms with Crippen molar-refractivity contribution in [2.45, 2.75) is 11.5 Å². The smallest absolute Gasteiger partial charge is 0.339 e. The van der Waals surface area contributed by atoms with Crippen LogP contribution in [0.4, 0.5) is 0 Å². The highest BCUT2D eigenvalue weighted by Crippen LogP contribution is 2.28. The molecule has 1 rings (SSSR count). The van der Waals surface area contributed by atoms with Gasteiger partial charge in [-0.15, -0.1) is 0 Å². The Morgan fingerprint density at radius 3 is 2.50 bits per heavy atom. The molecule has 0 saturated carbocycles. The summed E-state index contributed by atoms with van der Waals surface area (Å²) in [5.74, 6) is 4.26. The Labute approximate surface area is 110 Å². The van der Waals surface area contributed by atoms with Crippen molar-refractivity contribution >= 4 is 27.4 Å². The lowest BCUT2D eigenvalue weighted by molar-refractivity contribution is 0.0600. The van der Waals surface area contributed by atoms with Gasteiger partial charge in [0.2, 0.25) is 0 Å². The Morgan fingerprint density at radius 1 is 1.44 bits per heavy atom. The van der Waals surface area contributed by atoms with Gasteiger partial charge >= 0.3 is 5.97 Å². The Balaban J connectivity index is 3.52. The Bertz CT molecular complexity index is 570. The third-order valence-corrected chi connectivity index (χ3v) is 3.85. The molecule has 0 spiro atoms. The van der Waals surface area contributed by atoms with Crippen LogP contribution < -0.4 is 5.90 Å². The van der Waals surface area contributed by atoms with E-state index in [0.29, 0.717) is 0 Å². The van der Waals surface area contributed by atoms with Crippen molar-refractivity contribution in [2.24, 2.45) is 5.90 Å². The van der Waals surface area contributed by atoms with E-state index in [1.807, 2.05) is 0 Å². The predicted octanol–water partition coefficient (Wildman–Crippen LogP) is 0.920. The molecule has 0 aliphatic heterocycles. The minimum atomic E-state index is -3.50. The van der Waals surface area contributed by atoms with E-state index in [1.54, 1.807) is 0 Å². The average Bonchev–Trinajstić information content (AvgIpc) is 2.29. The number of methoxy groups -OCH3 is 1. The standard InChI is InChI=1S/C10H12ClNO5S/c1-16-10(13)6-3-4-8(18(2,14)15)7(5-17-12)9(6)11/h3-4H,5,12H2,1-2H3. The summed E-state index contributed by atoms with van der Waals surface area (Å²) in [6.07, 6.45) is 1.02. The molecule has 8 heteroatoms. The van der Waals surface area contributed by atoms with Gasteiger partial charge in [-0.3, -0.25) is 4.84 Å². The van der Waals surface area contributed by atoms with E-state index >= 15 is 0 Å². The molecule has 1 aromatic rings. The highest BCUT2D eigenvalue weighted by molar-refractivity contribution is 7.90. The third kappa shape index (κ3) is 2.99. The van der Waals surface area contributed by atoms with Gasteiger partial charge in [-0.25, -0.2) is 19.1 Å². The fourth-order valence-electron chi connectivity index (χ4n) is 1.44. The van der Waals surface area contributed by atoms with Crippen molar-refractivity contribution in [3.8, 4) is 0 Å². The molecule has 2 N–H and O–H groups in total. The summed E-state index contributed by atoms with van der Waals surface area (Å²) < 4.78 is 27.7. The first kappa shape index (κ1) is 14.9. The second-order valence-corrected chi connectivity index (χ2v) is 5.84. The maximum absolute atomic E-state index is 11.6. The first-order valence-electron chi connectivity index (χ1n) is 4.74. The van der Waals surface area contributed by atoms with Crippen LogP contribution in [0.3, 0.4) is 0 Å². The second kappa shape index (κ2) is 5.66. The Hall–Kier alpha value is -1.15. The fourth-order valence-corrected chi connectivity index (χ4v) is 2.71. The molecule has 0 bridgehead atoms. The van der Waals surface area contributed by atoms with Crippen molar-refractivity contribution < 1.29 is 22.8 Å². The number of carbonyl (C=O) groups excluding carboxylic acids is 1. The van der Waals surface area contributed by atoms with Crippen LogP contribution in [-0.4, -0.2) is 27.8 Å².